The molecule has 6 nitrogen and oxygen atoms in total. The predicted molar refractivity (Wildman–Crippen MR) is 40.5 cm³/mol. The highest BCUT2D eigenvalue weighted by Crippen LogP contribution is 2.42. The monoisotopic (exact) mass is 200 g/mol. The molecule has 2 atom stereocenters. The van der Waals surface area contributed by atoms with Crippen molar-refractivity contribution < 1.29 is 28.7 Å². The topological polar surface area (TPSA) is 96.2 Å². The van der Waals surface area contributed by atoms with E-state index in [9.17, 15) is 4.57 Å². The predicted octanol–water partition coefficient (Wildman–Crippen LogP) is -0.507. The number of aliphatic hydroxyl groups is 2. The molecule has 0 spiro atoms. The van der Waals surface area contributed by atoms with E-state index in [2.05, 4.69) is 9.05 Å². The fourth-order valence-corrected chi connectivity index (χ4v) is 1.19. The van der Waals surface area contributed by atoms with E-state index in [1.165, 1.54) is 6.92 Å². The lowest BCUT2D eigenvalue weighted by atomic mass is 10.4. The van der Waals surface area contributed by atoms with Gasteiger partial charge in [-0.15, -0.1) is 0 Å². The third-order valence-electron chi connectivity index (χ3n) is 0.933. The van der Waals surface area contributed by atoms with E-state index >= 15 is 0 Å². The lowest BCUT2D eigenvalue weighted by Gasteiger charge is -2.12. The quantitative estimate of drug-likeness (QED) is 0.500. The lowest BCUT2D eigenvalue weighted by Crippen LogP contribution is -2.18. The zero-order chi connectivity index (χ0) is 9.61. The number of rotatable bonds is 6. The molecule has 0 aromatic heterocycles. The molecule has 3 N–H and O–H groups in total. The van der Waals surface area contributed by atoms with Gasteiger partial charge < -0.3 is 15.1 Å². The molecule has 1 unspecified atom stereocenters. The van der Waals surface area contributed by atoms with Crippen molar-refractivity contribution in [1.82, 2.24) is 0 Å². The Morgan fingerprint density at radius 2 is 2.08 bits per heavy atom. The standard InChI is InChI=1S/C5H13O6P/c1-2-10-12(8,9)11-4-5(7)3-6/h5-7H,2-4H2,1H3,(H,8,9)/t5-/m0/s1. The van der Waals surface area contributed by atoms with Crippen molar-refractivity contribution in [2.75, 3.05) is 19.8 Å². The normalized spacial score (nSPS) is 18.7. The molecule has 7 heteroatoms. The molecule has 0 aliphatic rings. The van der Waals surface area contributed by atoms with Gasteiger partial charge in [-0.2, -0.15) is 0 Å². The maximum Gasteiger partial charge on any atom is 0.472 e. The van der Waals surface area contributed by atoms with Crippen LogP contribution in [0.2, 0.25) is 0 Å². The van der Waals surface area contributed by atoms with Gasteiger partial charge in [-0.1, -0.05) is 0 Å². The summed E-state index contributed by atoms with van der Waals surface area (Å²) in [6, 6.07) is 0. The number of hydrogen-bond donors (Lipinski definition) is 3. The second kappa shape index (κ2) is 5.64. The van der Waals surface area contributed by atoms with Gasteiger partial charge in [0.2, 0.25) is 0 Å². The van der Waals surface area contributed by atoms with Gasteiger partial charge in [0.15, 0.2) is 0 Å². The zero-order valence-electron chi connectivity index (χ0n) is 6.71. The Morgan fingerprint density at radius 1 is 1.50 bits per heavy atom. The van der Waals surface area contributed by atoms with E-state index in [1.807, 2.05) is 0 Å². The van der Waals surface area contributed by atoms with Gasteiger partial charge in [-0.05, 0) is 6.92 Å². The largest absolute Gasteiger partial charge is 0.472 e. The molecule has 0 aromatic rings. The van der Waals surface area contributed by atoms with Gasteiger partial charge in [0.05, 0.1) is 19.8 Å². The molecule has 0 fully saturated rings. The van der Waals surface area contributed by atoms with Crippen LogP contribution in [0.5, 0.6) is 0 Å². The first-order valence-electron chi connectivity index (χ1n) is 3.42. The highest BCUT2D eigenvalue weighted by atomic mass is 31.2. The molecule has 0 aliphatic carbocycles. The molecule has 0 aliphatic heterocycles. The van der Waals surface area contributed by atoms with Crippen molar-refractivity contribution in [3.63, 3.8) is 0 Å². The summed E-state index contributed by atoms with van der Waals surface area (Å²) in [4.78, 5) is 8.78. The van der Waals surface area contributed by atoms with Crippen LogP contribution >= 0.6 is 7.82 Å². The van der Waals surface area contributed by atoms with Crippen LogP contribution in [0.25, 0.3) is 0 Å². The number of phosphoric ester groups is 1. The van der Waals surface area contributed by atoms with Crippen molar-refractivity contribution >= 4 is 7.82 Å². The van der Waals surface area contributed by atoms with Crippen molar-refractivity contribution in [3.8, 4) is 0 Å². The molecule has 0 saturated heterocycles. The second-order valence-electron chi connectivity index (χ2n) is 2.02. The Hall–Kier alpha value is 0.0300. The fourth-order valence-electron chi connectivity index (χ4n) is 0.433. The van der Waals surface area contributed by atoms with Crippen molar-refractivity contribution in [2.24, 2.45) is 0 Å². The Kier molecular flexibility index (Phi) is 5.65. The van der Waals surface area contributed by atoms with Crippen LogP contribution in [0.1, 0.15) is 6.92 Å². The molecule has 0 amide bonds. The Morgan fingerprint density at radius 3 is 2.50 bits per heavy atom. The van der Waals surface area contributed by atoms with E-state index in [-0.39, 0.29) is 6.61 Å². The van der Waals surface area contributed by atoms with E-state index in [0.717, 1.165) is 0 Å². The Balaban J connectivity index is 3.67. The maximum absolute atomic E-state index is 10.8. The van der Waals surface area contributed by atoms with Crippen molar-refractivity contribution in [2.45, 2.75) is 13.0 Å². The van der Waals surface area contributed by atoms with Crippen LogP contribution in [-0.4, -0.2) is 41.0 Å². The van der Waals surface area contributed by atoms with Gasteiger partial charge in [-0.3, -0.25) is 9.05 Å². The van der Waals surface area contributed by atoms with Gasteiger partial charge in [0, 0.05) is 0 Å². The number of hydrogen-bond acceptors (Lipinski definition) is 5. The highest BCUT2D eigenvalue weighted by Gasteiger charge is 2.21. The summed E-state index contributed by atoms with van der Waals surface area (Å²) in [5.41, 5.74) is 0. The van der Waals surface area contributed by atoms with Gasteiger partial charge in [-0.25, -0.2) is 4.57 Å². The Labute approximate surface area is 70.4 Å². The summed E-state index contributed by atoms with van der Waals surface area (Å²) < 4.78 is 19.4. The average Bonchev–Trinajstić information content (AvgIpc) is 2.00. The number of aliphatic hydroxyl groups excluding tert-OH is 2. The zero-order valence-corrected chi connectivity index (χ0v) is 7.61. The third-order valence-corrected chi connectivity index (χ3v) is 1.99. The van der Waals surface area contributed by atoms with Gasteiger partial charge in [0.25, 0.3) is 0 Å². The highest BCUT2D eigenvalue weighted by molar-refractivity contribution is 7.47. The van der Waals surface area contributed by atoms with Crippen LogP contribution < -0.4 is 0 Å². The first-order valence-corrected chi connectivity index (χ1v) is 4.92. The molecular formula is C5H13O6P. The number of phosphoric acid groups is 1. The summed E-state index contributed by atoms with van der Waals surface area (Å²) in [6.45, 7) is 0.633. The Bertz CT molecular complexity index is 160. The molecule has 0 aromatic carbocycles. The van der Waals surface area contributed by atoms with Crippen LogP contribution in [0.4, 0.5) is 0 Å². The van der Waals surface area contributed by atoms with Crippen LogP contribution in [-0.2, 0) is 13.6 Å². The van der Waals surface area contributed by atoms with Crippen LogP contribution in [0.15, 0.2) is 0 Å². The van der Waals surface area contributed by atoms with E-state index in [1.54, 1.807) is 0 Å². The molecule has 0 radical (unpaired) electrons. The van der Waals surface area contributed by atoms with Crippen LogP contribution in [0.3, 0.4) is 0 Å². The van der Waals surface area contributed by atoms with Crippen molar-refractivity contribution in [1.29, 1.82) is 0 Å². The van der Waals surface area contributed by atoms with Gasteiger partial charge in [0.1, 0.15) is 6.10 Å². The molecule has 74 valence electrons. The SMILES string of the molecule is CCOP(=O)(O)OC[C@@H](O)CO. The fraction of sp³-hybridized carbons (Fsp3) is 1.00. The third kappa shape index (κ3) is 5.65. The molecular weight excluding hydrogens is 187 g/mol. The minimum absolute atomic E-state index is 0.0446. The van der Waals surface area contributed by atoms with E-state index in [0.29, 0.717) is 0 Å². The molecule has 0 heterocycles. The van der Waals surface area contributed by atoms with E-state index in [4.69, 9.17) is 15.1 Å². The molecule has 0 bridgehead atoms. The first kappa shape index (κ1) is 12.0. The summed E-state index contributed by atoms with van der Waals surface area (Å²) in [6.07, 6.45) is -1.16. The molecule has 12 heavy (non-hydrogen) atoms. The summed E-state index contributed by atoms with van der Waals surface area (Å²) in [5, 5.41) is 17.0. The minimum Gasteiger partial charge on any atom is -0.394 e. The molecule has 0 rings (SSSR count). The smallest absolute Gasteiger partial charge is 0.394 e. The summed E-state index contributed by atoms with van der Waals surface area (Å²) >= 11 is 0. The van der Waals surface area contributed by atoms with Crippen LogP contribution in [0, 0.1) is 0 Å². The first-order chi connectivity index (χ1) is 5.52. The molecule has 0 saturated carbocycles. The van der Waals surface area contributed by atoms with Gasteiger partial charge >= 0.3 is 7.82 Å². The summed E-state index contributed by atoms with van der Waals surface area (Å²) in [5.74, 6) is 0. The summed E-state index contributed by atoms with van der Waals surface area (Å²) in [7, 11) is -4.03. The second-order valence-corrected chi connectivity index (χ2v) is 3.47. The minimum atomic E-state index is -4.03. The maximum atomic E-state index is 10.8. The van der Waals surface area contributed by atoms with Crippen molar-refractivity contribution in [3.05, 3.63) is 0 Å². The average molecular weight is 200 g/mol. The lowest BCUT2D eigenvalue weighted by molar-refractivity contribution is 0.0370. The van der Waals surface area contributed by atoms with E-state index < -0.39 is 27.1 Å².